The molecule has 1 heterocycles. The second-order valence-corrected chi connectivity index (χ2v) is 6.49. The molecule has 0 amide bonds. The predicted octanol–water partition coefficient (Wildman–Crippen LogP) is 3.36. The highest BCUT2D eigenvalue weighted by Gasteiger charge is 2.20. The van der Waals surface area contributed by atoms with Crippen molar-refractivity contribution in [1.29, 1.82) is 0 Å². The number of non-ortho nitro benzene ring substituents is 1. The summed E-state index contributed by atoms with van der Waals surface area (Å²) in [7, 11) is 0. The number of nitro groups is 1. The van der Waals surface area contributed by atoms with E-state index in [-0.39, 0.29) is 45.1 Å². The van der Waals surface area contributed by atoms with Gasteiger partial charge < -0.3 is 0 Å². The van der Waals surface area contributed by atoms with E-state index in [1.165, 1.54) is 42.5 Å². The first-order valence-electron chi connectivity index (χ1n) is 7.92. The van der Waals surface area contributed by atoms with E-state index in [9.17, 15) is 24.5 Å². The van der Waals surface area contributed by atoms with Crippen LogP contribution in [0.4, 0.5) is 15.8 Å². The first-order chi connectivity index (χ1) is 13.9. The van der Waals surface area contributed by atoms with Gasteiger partial charge in [0, 0.05) is 17.7 Å². The van der Waals surface area contributed by atoms with E-state index < -0.39 is 16.5 Å². The molecule has 2 aromatic carbocycles. The first kappa shape index (κ1) is 20.2. The van der Waals surface area contributed by atoms with Crippen molar-refractivity contribution in [3.8, 4) is 0 Å². The zero-order chi connectivity index (χ0) is 21.0. The molecule has 0 bridgehead atoms. The maximum absolute atomic E-state index is 13.4. The Hall–Kier alpha value is -3.51. The number of ketones is 1. The van der Waals surface area contributed by atoms with Crippen LogP contribution < -0.4 is 5.48 Å². The molecule has 12 heteroatoms. The highest BCUT2D eigenvalue weighted by atomic mass is 79.9. The van der Waals surface area contributed by atoms with E-state index in [1.807, 2.05) is 5.48 Å². The molecule has 148 valence electrons. The Bertz CT molecular complexity index is 1100. The Morgan fingerprint density at radius 1 is 1.28 bits per heavy atom. The van der Waals surface area contributed by atoms with E-state index in [1.54, 1.807) is 0 Å². The van der Waals surface area contributed by atoms with Gasteiger partial charge in [-0.3, -0.25) is 25.6 Å². The zero-order valence-corrected chi connectivity index (χ0v) is 16.0. The van der Waals surface area contributed by atoms with Gasteiger partial charge >= 0.3 is 0 Å². The molecule has 0 aliphatic carbocycles. The van der Waals surface area contributed by atoms with E-state index >= 15 is 0 Å². The molecule has 0 unspecified atom stereocenters. The molecule has 1 aromatic heterocycles. The number of amidine groups is 1. The molecule has 10 nitrogen and oxygen atoms in total. The average molecular weight is 464 g/mol. The third-order valence-electron chi connectivity index (χ3n) is 3.76. The van der Waals surface area contributed by atoms with E-state index in [2.05, 4.69) is 35.9 Å². The van der Waals surface area contributed by atoms with Gasteiger partial charge in [0.2, 0.25) is 0 Å². The van der Waals surface area contributed by atoms with Crippen LogP contribution in [0.25, 0.3) is 0 Å². The summed E-state index contributed by atoms with van der Waals surface area (Å²) in [6.45, 7) is 0. The van der Waals surface area contributed by atoms with Gasteiger partial charge in [0.15, 0.2) is 17.3 Å². The Labute approximate surface area is 170 Å². The van der Waals surface area contributed by atoms with E-state index in [0.717, 1.165) is 0 Å². The zero-order valence-electron chi connectivity index (χ0n) is 14.4. The SMILES string of the molecule is O=C(Cc1nonc1C(=Nc1ccc(F)c(Br)c1)NO)c1ccc([N+](=O)[O-])cc1. The quantitative estimate of drug-likeness (QED) is 0.186. The number of nitrogens with one attached hydrogen (secondary N) is 1. The van der Waals surface area contributed by atoms with Crippen LogP contribution in [-0.4, -0.2) is 32.1 Å². The Balaban J connectivity index is 1.85. The Morgan fingerprint density at radius 2 is 2.00 bits per heavy atom. The molecule has 0 atom stereocenters. The lowest BCUT2D eigenvalue weighted by atomic mass is 10.1. The number of hydroxylamine groups is 1. The third-order valence-corrected chi connectivity index (χ3v) is 4.37. The van der Waals surface area contributed by atoms with Gasteiger partial charge in [0.25, 0.3) is 5.69 Å². The lowest BCUT2D eigenvalue weighted by molar-refractivity contribution is -0.384. The van der Waals surface area contributed by atoms with Gasteiger partial charge in [-0.05, 0) is 51.4 Å². The van der Waals surface area contributed by atoms with E-state index in [4.69, 9.17) is 0 Å². The molecule has 2 N–H and O–H groups in total. The Morgan fingerprint density at radius 3 is 2.62 bits per heavy atom. The normalized spacial score (nSPS) is 11.3. The molecule has 0 aliphatic heterocycles. The van der Waals surface area contributed by atoms with Crippen LogP contribution in [0.2, 0.25) is 0 Å². The van der Waals surface area contributed by atoms with Crippen molar-refractivity contribution in [2.45, 2.75) is 6.42 Å². The van der Waals surface area contributed by atoms with Crippen molar-refractivity contribution < 1.29 is 23.9 Å². The third kappa shape index (κ3) is 4.67. The van der Waals surface area contributed by atoms with Gasteiger partial charge in [-0.2, -0.15) is 0 Å². The van der Waals surface area contributed by atoms with Gasteiger partial charge in [-0.15, -0.1) is 0 Å². The van der Waals surface area contributed by atoms with Crippen LogP contribution in [0.15, 0.2) is 56.6 Å². The molecular formula is C17H11BrFN5O5. The molecule has 0 saturated carbocycles. The van der Waals surface area contributed by atoms with Crippen molar-refractivity contribution >= 4 is 38.9 Å². The fraction of sp³-hybridized carbons (Fsp3) is 0.0588. The molecular weight excluding hydrogens is 453 g/mol. The lowest BCUT2D eigenvalue weighted by Gasteiger charge is -2.04. The monoisotopic (exact) mass is 463 g/mol. The fourth-order valence-corrected chi connectivity index (χ4v) is 2.71. The summed E-state index contributed by atoms with van der Waals surface area (Å²) in [5, 5.41) is 27.4. The van der Waals surface area contributed by atoms with Crippen LogP contribution in [0.5, 0.6) is 0 Å². The van der Waals surface area contributed by atoms with Crippen LogP contribution in [-0.2, 0) is 6.42 Å². The summed E-state index contributed by atoms with van der Waals surface area (Å²) < 4.78 is 18.2. The maximum atomic E-state index is 13.4. The largest absolute Gasteiger partial charge is 0.294 e. The minimum Gasteiger partial charge on any atom is -0.294 e. The number of hydrogen-bond donors (Lipinski definition) is 2. The molecule has 29 heavy (non-hydrogen) atoms. The van der Waals surface area contributed by atoms with Gasteiger partial charge in [-0.25, -0.2) is 14.0 Å². The highest BCUT2D eigenvalue weighted by molar-refractivity contribution is 9.10. The van der Waals surface area contributed by atoms with Crippen molar-refractivity contribution in [3.05, 3.63) is 79.8 Å². The molecule has 0 radical (unpaired) electrons. The number of carbonyl (C=O) groups is 1. The minimum absolute atomic E-state index is 0.0248. The second-order valence-electron chi connectivity index (χ2n) is 5.63. The van der Waals surface area contributed by atoms with Crippen LogP contribution >= 0.6 is 15.9 Å². The predicted molar refractivity (Wildman–Crippen MR) is 101 cm³/mol. The number of Topliss-reactive ketones (excluding diaryl/α,β-unsaturated/α-hetero) is 1. The lowest BCUT2D eigenvalue weighted by Crippen LogP contribution is -2.22. The summed E-state index contributed by atoms with van der Waals surface area (Å²) >= 11 is 3.03. The number of hydrogen-bond acceptors (Lipinski definition) is 8. The summed E-state index contributed by atoms with van der Waals surface area (Å²) in [6.07, 6.45) is -0.259. The highest BCUT2D eigenvalue weighted by Crippen LogP contribution is 2.23. The molecule has 0 aliphatic rings. The summed E-state index contributed by atoms with van der Waals surface area (Å²) in [4.78, 5) is 26.7. The summed E-state index contributed by atoms with van der Waals surface area (Å²) in [5.74, 6) is -1.06. The smallest absolute Gasteiger partial charge is 0.269 e. The van der Waals surface area contributed by atoms with Crippen LogP contribution in [0, 0.1) is 15.9 Å². The maximum Gasteiger partial charge on any atom is 0.269 e. The summed E-state index contributed by atoms with van der Waals surface area (Å²) in [6, 6.07) is 8.99. The number of benzene rings is 2. The molecule has 0 fully saturated rings. The van der Waals surface area contributed by atoms with Crippen LogP contribution in [0.3, 0.4) is 0 Å². The Kier molecular flexibility index (Phi) is 6.04. The molecule has 3 rings (SSSR count). The van der Waals surface area contributed by atoms with Gasteiger partial charge in [0.05, 0.1) is 21.5 Å². The van der Waals surface area contributed by atoms with Crippen molar-refractivity contribution in [3.63, 3.8) is 0 Å². The molecule has 0 saturated heterocycles. The van der Waals surface area contributed by atoms with E-state index in [0.29, 0.717) is 0 Å². The first-order valence-corrected chi connectivity index (χ1v) is 8.71. The fourth-order valence-electron chi connectivity index (χ4n) is 2.34. The minimum atomic E-state index is -0.572. The van der Waals surface area contributed by atoms with Crippen molar-refractivity contribution in [2.75, 3.05) is 0 Å². The number of nitrogens with zero attached hydrogens (tertiary/aromatic N) is 4. The molecule has 3 aromatic rings. The van der Waals surface area contributed by atoms with Gasteiger partial charge in [-0.1, -0.05) is 5.16 Å². The number of nitro benzene ring substituents is 1. The number of aliphatic imine (C=N–C) groups is 1. The van der Waals surface area contributed by atoms with Gasteiger partial charge in [0.1, 0.15) is 11.5 Å². The molecule has 0 spiro atoms. The number of aromatic nitrogens is 2. The van der Waals surface area contributed by atoms with Crippen LogP contribution in [0.1, 0.15) is 21.7 Å². The number of rotatable bonds is 6. The summed E-state index contributed by atoms with van der Waals surface area (Å²) in [5.41, 5.74) is 2.27. The standard InChI is InChI=1S/C17H11BrFN5O5/c18-12-7-10(3-6-13(12)19)20-17(21-26)16-14(22-29-23-16)8-15(25)9-1-4-11(5-2-9)24(27)28/h1-7,26H,8H2,(H,20,21). The van der Waals surface area contributed by atoms with Crippen molar-refractivity contribution in [1.82, 2.24) is 15.8 Å². The number of halogens is 2. The number of carbonyl (C=O) groups excluding carboxylic acids is 1. The van der Waals surface area contributed by atoms with Crippen molar-refractivity contribution in [2.24, 2.45) is 4.99 Å². The topological polar surface area (TPSA) is 144 Å². The average Bonchev–Trinajstić information content (AvgIpc) is 3.16. The second kappa shape index (κ2) is 8.67.